The number of nitrogens with zero attached hydrogens (tertiary/aromatic N) is 2. The minimum absolute atomic E-state index is 0.162. The number of aromatic nitrogens is 1. The zero-order valence-electron chi connectivity index (χ0n) is 11.6. The van der Waals surface area contributed by atoms with Gasteiger partial charge in [0.1, 0.15) is 9.88 Å². The maximum Gasteiger partial charge on any atom is 0.244 e. The lowest BCUT2D eigenvalue weighted by Crippen LogP contribution is -2.29. The first kappa shape index (κ1) is 15.3. The van der Waals surface area contributed by atoms with Gasteiger partial charge in [0.25, 0.3) is 0 Å². The molecule has 1 fully saturated rings. The fraction of sp³-hybridized carbons (Fsp3) is 0.538. The van der Waals surface area contributed by atoms with Crippen LogP contribution in [-0.2, 0) is 10.0 Å². The van der Waals surface area contributed by atoms with Crippen LogP contribution in [0.25, 0.3) is 0 Å². The Balaban J connectivity index is 2.21. The lowest BCUT2D eigenvalue weighted by Gasteiger charge is -2.18. The summed E-state index contributed by atoms with van der Waals surface area (Å²) in [6.45, 7) is 5.40. The van der Waals surface area contributed by atoms with E-state index < -0.39 is 10.0 Å². The molecule has 7 heteroatoms. The first-order valence-corrected chi connectivity index (χ1v) is 8.43. The summed E-state index contributed by atoms with van der Waals surface area (Å²) < 4.78 is 26.5. The van der Waals surface area contributed by atoms with Crippen molar-refractivity contribution >= 4 is 27.2 Å². The van der Waals surface area contributed by atoms with Crippen LogP contribution in [0.2, 0.25) is 0 Å². The third-order valence-corrected chi connectivity index (χ3v) is 5.81. The van der Waals surface area contributed by atoms with Crippen molar-refractivity contribution in [1.82, 2.24) is 9.29 Å². The SMILES string of the molecule is CC(C)C1CCN(S(=O)(=O)c2ccc(C(N)=S)nc2)C1. The second-order valence-electron chi connectivity index (χ2n) is 5.40. The molecule has 0 aromatic carbocycles. The number of rotatable bonds is 4. The third kappa shape index (κ3) is 2.99. The molecule has 110 valence electrons. The lowest BCUT2D eigenvalue weighted by atomic mass is 9.96. The summed E-state index contributed by atoms with van der Waals surface area (Å²) in [4.78, 5) is 4.36. The van der Waals surface area contributed by atoms with Crippen LogP contribution in [0.1, 0.15) is 26.0 Å². The Bertz CT molecular complexity index is 597. The average molecular weight is 313 g/mol. The molecule has 0 saturated carbocycles. The summed E-state index contributed by atoms with van der Waals surface area (Å²) in [5, 5.41) is 0. The largest absolute Gasteiger partial charge is 0.388 e. The van der Waals surface area contributed by atoms with Crippen molar-refractivity contribution in [1.29, 1.82) is 0 Å². The van der Waals surface area contributed by atoms with Crippen molar-refractivity contribution in [2.24, 2.45) is 17.6 Å². The van der Waals surface area contributed by atoms with Crippen LogP contribution >= 0.6 is 12.2 Å². The highest BCUT2D eigenvalue weighted by Crippen LogP contribution is 2.28. The van der Waals surface area contributed by atoms with E-state index in [9.17, 15) is 8.42 Å². The minimum Gasteiger partial charge on any atom is -0.388 e. The molecule has 1 aromatic rings. The van der Waals surface area contributed by atoms with Gasteiger partial charge in [-0.25, -0.2) is 8.42 Å². The molecule has 2 N–H and O–H groups in total. The molecule has 20 heavy (non-hydrogen) atoms. The molecule has 1 aliphatic rings. The molecule has 0 spiro atoms. The summed E-state index contributed by atoms with van der Waals surface area (Å²) in [5.74, 6) is 0.916. The van der Waals surface area contributed by atoms with Crippen LogP contribution in [-0.4, -0.2) is 35.8 Å². The van der Waals surface area contributed by atoms with E-state index in [0.29, 0.717) is 30.6 Å². The van der Waals surface area contributed by atoms with Gasteiger partial charge >= 0.3 is 0 Å². The van der Waals surface area contributed by atoms with Crippen molar-refractivity contribution < 1.29 is 8.42 Å². The summed E-state index contributed by atoms with van der Waals surface area (Å²) in [7, 11) is -3.46. The molecule has 0 bridgehead atoms. The van der Waals surface area contributed by atoms with Gasteiger partial charge in [-0.15, -0.1) is 0 Å². The van der Waals surface area contributed by atoms with E-state index in [-0.39, 0.29) is 9.88 Å². The quantitative estimate of drug-likeness (QED) is 0.850. The van der Waals surface area contributed by atoms with Crippen molar-refractivity contribution in [2.75, 3.05) is 13.1 Å². The molecule has 1 saturated heterocycles. The maximum absolute atomic E-state index is 12.5. The van der Waals surface area contributed by atoms with Gasteiger partial charge in [-0.2, -0.15) is 4.31 Å². The summed E-state index contributed by atoms with van der Waals surface area (Å²) in [5.41, 5.74) is 5.89. The van der Waals surface area contributed by atoms with Crippen LogP contribution < -0.4 is 5.73 Å². The Morgan fingerprint density at radius 2 is 2.20 bits per heavy atom. The number of hydrogen-bond donors (Lipinski definition) is 1. The van der Waals surface area contributed by atoms with Crippen LogP contribution in [0.5, 0.6) is 0 Å². The third-order valence-electron chi connectivity index (χ3n) is 3.76. The summed E-state index contributed by atoms with van der Waals surface area (Å²) >= 11 is 4.81. The Hall–Kier alpha value is -1.05. The summed E-state index contributed by atoms with van der Waals surface area (Å²) in [6, 6.07) is 3.06. The molecule has 2 rings (SSSR count). The van der Waals surface area contributed by atoms with Gasteiger partial charge < -0.3 is 5.73 Å². The van der Waals surface area contributed by atoms with E-state index in [1.807, 2.05) is 0 Å². The zero-order valence-corrected chi connectivity index (χ0v) is 13.2. The molecule has 1 aliphatic heterocycles. The minimum atomic E-state index is -3.46. The standard InChI is InChI=1S/C13H19N3O2S2/c1-9(2)10-5-6-16(8-10)20(17,18)11-3-4-12(13(14)19)15-7-11/h3-4,7,9-10H,5-6,8H2,1-2H3,(H2,14,19). The highest BCUT2D eigenvalue weighted by Gasteiger charge is 2.33. The number of sulfonamides is 1. The molecule has 0 amide bonds. The molecule has 0 radical (unpaired) electrons. The second kappa shape index (κ2) is 5.75. The predicted molar refractivity (Wildman–Crippen MR) is 81.8 cm³/mol. The fourth-order valence-electron chi connectivity index (χ4n) is 2.34. The van der Waals surface area contributed by atoms with E-state index in [1.165, 1.54) is 16.6 Å². The lowest BCUT2D eigenvalue weighted by molar-refractivity contribution is 0.388. The normalized spacial score (nSPS) is 20.4. The second-order valence-corrected chi connectivity index (χ2v) is 7.78. The first-order valence-electron chi connectivity index (χ1n) is 6.58. The molecular weight excluding hydrogens is 294 g/mol. The number of pyridine rings is 1. The molecule has 1 aromatic heterocycles. The van der Waals surface area contributed by atoms with E-state index >= 15 is 0 Å². The van der Waals surface area contributed by atoms with Crippen LogP contribution in [0.4, 0.5) is 0 Å². The average Bonchev–Trinajstić information content (AvgIpc) is 2.89. The molecule has 2 heterocycles. The van der Waals surface area contributed by atoms with Crippen LogP contribution in [0.3, 0.4) is 0 Å². The van der Waals surface area contributed by atoms with Gasteiger partial charge in [0, 0.05) is 19.3 Å². The Morgan fingerprint density at radius 3 is 2.65 bits per heavy atom. The van der Waals surface area contributed by atoms with Gasteiger partial charge in [0.05, 0.1) is 5.69 Å². The topological polar surface area (TPSA) is 76.3 Å². The van der Waals surface area contributed by atoms with Gasteiger partial charge in [-0.1, -0.05) is 26.1 Å². The molecular formula is C13H19N3O2S2. The van der Waals surface area contributed by atoms with E-state index in [1.54, 1.807) is 6.07 Å². The van der Waals surface area contributed by atoms with Gasteiger partial charge in [-0.3, -0.25) is 4.98 Å². The van der Waals surface area contributed by atoms with Crippen LogP contribution in [0, 0.1) is 11.8 Å². The Morgan fingerprint density at radius 1 is 1.50 bits per heavy atom. The zero-order chi connectivity index (χ0) is 14.9. The van der Waals surface area contributed by atoms with Crippen molar-refractivity contribution in [2.45, 2.75) is 25.2 Å². The number of nitrogens with two attached hydrogens (primary N) is 1. The Labute approximate surface area is 125 Å². The van der Waals surface area contributed by atoms with Gasteiger partial charge in [-0.05, 0) is 30.4 Å². The van der Waals surface area contributed by atoms with E-state index in [0.717, 1.165) is 6.42 Å². The smallest absolute Gasteiger partial charge is 0.244 e. The number of thiocarbonyl (C=S) groups is 1. The highest BCUT2D eigenvalue weighted by molar-refractivity contribution is 7.89. The number of hydrogen-bond acceptors (Lipinski definition) is 4. The Kier molecular flexibility index (Phi) is 4.41. The van der Waals surface area contributed by atoms with Gasteiger partial charge in [0.2, 0.25) is 10.0 Å². The van der Waals surface area contributed by atoms with E-state index in [2.05, 4.69) is 18.8 Å². The molecule has 0 aliphatic carbocycles. The monoisotopic (exact) mass is 313 g/mol. The van der Waals surface area contributed by atoms with Crippen LogP contribution in [0.15, 0.2) is 23.2 Å². The predicted octanol–water partition coefficient (Wildman–Crippen LogP) is 1.38. The van der Waals surface area contributed by atoms with Crippen molar-refractivity contribution in [3.8, 4) is 0 Å². The molecule has 1 unspecified atom stereocenters. The molecule has 1 atom stereocenters. The van der Waals surface area contributed by atoms with Crippen molar-refractivity contribution in [3.05, 3.63) is 24.0 Å². The summed E-state index contributed by atoms with van der Waals surface area (Å²) in [6.07, 6.45) is 2.24. The first-order chi connectivity index (χ1) is 9.32. The highest BCUT2D eigenvalue weighted by atomic mass is 32.2. The van der Waals surface area contributed by atoms with Gasteiger partial charge in [0.15, 0.2) is 0 Å². The van der Waals surface area contributed by atoms with Crippen molar-refractivity contribution in [3.63, 3.8) is 0 Å². The maximum atomic E-state index is 12.5. The molecule has 5 nitrogen and oxygen atoms in total. The fourth-order valence-corrected chi connectivity index (χ4v) is 3.92. The van der Waals surface area contributed by atoms with E-state index in [4.69, 9.17) is 18.0 Å².